The minimum atomic E-state index is -0.851. The Morgan fingerprint density at radius 2 is 2.14 bits per heavy atom. The average molecular weight is 507 g/mol. The lowest BCUT2D eigenvalue weighted by Gasteiger charge is -2.22. The molecule has 1 saturated heterocycles. The highest BCUT2D eigenvalue weighted by Gasteiger charge is 2.37. The summed E-state index contributed by atoms with van der Waals surface area (Å²) >= 11 is 0. The lowest BCUT2D eigenvalue weighted by atomic mass is 10.1. The summed E-state index contributed by atoms with van der Waals surface area (Å²) in [4.78, 5) is 26.6. The van der Waals surface area contributed by atoms with Crippen LogP contribution in [0.1, 0.15) is 29.5 Å². The van der Waals surface area contributed by atoms with Crippen LogP contribution in [0.15, 0.2) is 25.0 Å². The van der Waals surface area contributed by atoms with Crippen molar-refractivity contribution in [1.82, 2.24) is 34.2 Å². The van der Waals surface area contributed by atoms with Crippen molar-refractivity contribution in [1.29, 1.82) is 0 Å². The molecule has 1 fully saturated rings. The number of ether oxygens (including phenoxy) is 1. The van der Waals surface area contributed by atoms with Gasteiger partial charge in [0.1, 0.15) is 35.0 Å². The third kappa shape index (κ3) is 3.97. The molecule has 4 heterocycles. The van der Waals surface area contributed by atoms with Crippen LogP contribution in [0.5, 0.6) is 0 Å². The number of methoxy groups -OCH3 is 1. The maximum atomic E-state index is 15.2. The van der Waals surface area contributed by atoms with Crippen molar-refractivity contribution in [2.45, 2.75) is 25.4 Å². The number of aryl methyl sites for hydroxylation is 2. The van der Waals surface area contributed by atoms with Gasteiger partial charge in [0.25, 0.3) is 0 Å². The Labute approximate surface area is 210 Å². The van der Waals surface area contributed by atoms with Crippen molar-refractivity contribution < 1.29 is 18.3 Å². The number of halogens is 2. The molecule has 5 rings (SSSR count). The van der Waals surface area contributed by atoms with Gasteiger partial charge < -0.3 is 19.9 Å². The Kier molecular flexibility index (Phi) is 6.08. The first kappa shape index (κ1) is 24.3. The summed E-state index contributed by atoms with van der Waals surface area (Å²) in [5.41, 5.74) is 6.64. The number of imidazole rings is 1. The van der Waals surface area contributed by atoms with Crippen molar-refractivity contribution >= 4 is 33.8 Å². The van der Waals surface area contributed by atoms with Gasteiger partial charge in [0, 0.05) is 26.8 Å². The Morgan fingerprint density at radius 1 is 1.35 bits per heavy atom. The molecule has 10 nitrogen and oxygen atoms in total. The molecule has 1 amide bonds. The molecule has 1 unspecified atom stereocenters. The van der Waals surface area contributed by atoms with Crippen LogP contribution in [0.3, 0.4) is 0 Å². The van der Waals surface area contributed by atoms with Crippen LogP contribution >= 0.6 is 0 Å². The Morgan fingerprint density at radius 3 is 2.86 bits per heavy atom. The largest absolute Gasteiger partial charge is 0.383 e. The first-order valence-electron chi connectivity index (χ1n) is 11.5. The predicted octanol–water partition coefficient (Wildman–Crippen LogP) is 2.26. The Bertz CT molecular complexity index is 1630. The number of likely N-dealkylation sites (tertiary alicyclic amines) is 1. The van der Waals surface area contributed by atoms with E-state index < -0.39 is 17.2 Å². The molecule has 1 aromatic carbocycles. The SMILES string of the molecule is C=CC(=O)N1CC(n2nc(C#Cc3c(F)cc4c(nc(C)n4C)c3F)c3c(N)ncnc32)C[C@@H]1COC. The molecule has 0 radical (unpaired) electrons. The summed E-state index contributed by atoms with van der Waals surface area (Å²) in [6.07, 6.45) is 3.10. The van der Waals surface area contributed by atoms with Crippen LogP contribution in [0.25, 0.3) is 22.1 Å². The molecule has 37 heavy (non-hydrogen) atoms. The van der Waals surface area contributed by atoms with E-state index in [1.807, 2.05) is 0 Å². The second-order valence-corrected chi connectivity index (χ2v) is 8.83. The van der Waals surface area contributed by atoms with E-state index in [1.54, 1.807) is 35.2 Å². The number of benzene rings is 1. The molecule has 0 bridgehead atoms. The minimum absolute atomic E-state index is 0.0334. The number of nitrogen functional groups attached to an aromatic ring is 1. The Hall–Kier alpha value is -4.37. The normalized spacial score (nSPS) is 17.4. The number of rotatable bonds is 4. The molecular weight excluding hydrogens is 482 g/mol. The third-order valence-corrected chi connectivity index (χ3v) is 6.67. The quantitative estimate of drug-likeness (QED) is 0.333. The van der Waals surface area contributed by atoms with E-state index in [9.17, 15) is 9.18 Å². The highest BCUT2D eigenvalue weighted by atomic mass is 19.1. The fraction of sp³-hybridized carbons (Fsp3) is 0.320. The van der Waals surface area contributed by atoms with Crippen LogP contribution in [0.2, 0.25) is 0 Å². The smallest absolute Gasteiger partial charge is 0.246 e. The van der Waals surface area contributed by atoms with E-state index in [1.165, 1.54) is 18.5 Å². The van der Waals surface area contributed by atoms with Crippen LogP contribution in [0.4, 0.5) is 14.6 Å². The molecule has 4 aromatic rings. The number of aromatic nitrogens is 6. The molecule has 2 N–H and O–H groups in total. The van der Waals surface area contributed by atoms with Crippen LogP contribution in [-0.4, -0.2) is 66.4 Å². The number of nitrogens with two attached hydrogens (primary N) is 1. The number of carbonyl (C=O) groups is 1. The van der Waals surface area contributed by atoms with Gasteiger partial charge in [-0.15, -0.1) is 0 Å². The molecule has 1 aliphatic heterocycles. The Balaban J connectivity index is 1.60. The topological polar surface area (TPSA) is 117 Å². The van der Waals surface area contributed by atoms with Crippen molar-refractivity contribution in [2.24, 2.45) is 7.05 Å². The molecule has 0 aliphatic carbocycles. The van der Waals surface area contributed by atoms with Crippen molar-refractivity contribution in [3.05, 3.63) is 53.8 Å². The van der Waals surface area contributed by atoms with E-state index in [2.05, 4.69) is 38.5 Å². The lowest BCUT2D eigenvalue weighted by molar-refractivity contribution is -0.127. The number of nitrogens with zero attached hydrogens (tertiary/aromatic N) is 7. The van der Waals surface area contributed by atoms with E-state index in [0.717, 1.165) is 0 Å². The molecule has 1 aliphatic rings. The van der Waals surface area contributed by atoms with Crippen molar-refractivity contribution in [2.75, 3.05) is 26.0 Å². The van der Waals surface area contributed by atoms with Crippen molar-refractivity contribution in [3.63, 3.8) is 0 Å². The number of carbonyl (C=O) groups excluding carboxylic acids is 1. The van der Waals surface area contributed by atoms with Gasteiger partial charge in [0.15, 0.2) is 11.5 Å². The van der Waals surface area contributed by atoms with E-state index in [0.29, 0.717) is 41.9 Å². The van der Waals surface area contributed by atoms with Gasteiger partial charge >= 0.3 is 0 Å². The van der Waals surface area contributed by atoms with E-state index in [4.69, 9.17) is 10.5 Å². The molecule has 2 atom stereocenters. The molecule has 190 valence electrons. The summed E-state index contributed by atoms with van der Waals surface area (Å²) in [5.74, 6) is 4.12. The number of amides is 1. The molecule has 3 aromatic heterocycles. The van der Waals surface area contributed by atoms with Gasteiger partial charge in [0.05, 0.1) is 35.2 Å². The first-order valence-corrected chi connectivity index (χ1v) is 11.5. The zero-order valence-electron chi connectivity index (χ0n) is 20.5. The summed E-state index contributed by atoms with van der Waals surface area (Å²) < 4.78 is 38.6. The minimum Gasteiger partial charge on any atom is -0.383 e. The average Bonchev–Trinajstić information content (AvgIpc) is 3.54. The first-order chi connectivity index (χ1) is 17.7. The summed E-state index contributed by atoms with van der Waals surface area (Å²) in [6, 6.07) is 0.749. The lowest BCUT2D eigenvalue weighted by Crippen LogP contribution is -2.37. The zero-order valence-corrected chi connectivity index (χ0v) is 20.5. The van der Waals surface area contributed by atoms with Crippen LogP contribution < -0.4 is 5.73 Å². The third-order valence-electron chi connectivity index (χ3n) is 6.67. The van der Waals surface area contributed by atoms with Gasteiger partial charge in [0.2, 0.25) is 5.91 Å². The monoisotopic (exact) mass is 506 g/mol. The van der Waals surface area contributed by atoms with Crippen LogP contribution in [-0.2, 0) is 16.6 Å². The highest BCUT2D eigenvalue weighted by Crippen LogP contribution is 2.32. The standard InChI is InChI=1S/C25H24F2N8O2/c1-5-20(36)34-10-14(8-15(34)11-37-4)35-25-21(24(28)29-12-30-25)18(32-35)7-6-16-17(26)9-19-23(22(16)27)31-13(2)33(19)3/h5,9,12,14-15H,1,8,10-11H2,2-4H3,(H2,28,29,30)/t14?,15-/m1/s1. The fourth-order valence-corrected chi connectivity index (χ4v) is 4.75. The molecule has 12 heteroatoms. The summed E-state index contributed by atoms with van der Waals surface area (Å²) in [5, 5.41) is 4.96. The zero-order chi connectivity index (χ0) is 26.4. The van der Waals surface area contributed by atoms with E-state index in [-0.39, 0.29) is 35.0 Å². The maximum absolute atomic E-state index is 15.2. The van der Waals surface area contributed by atoms with Gasteiger partial charge in [-0.1, -0.05) is 12.5 Å². The second kappa shape index (κ2) is 9.25. The molecule has 0 saturated carbocycles. The fourth-order valence-electron chi connectivity index (χ4n) is 4.75. The van der Waals surface area contributed by atoms with Gasteiger partial charge in [-0.2, -0.15) is 5.10 Å². The highest BCUT2D eigenvalue weighted by molar-refractivity contribution is 5.91. The second-order valence-electron chi connectivity index (χ2n) is 8.83. The van der Waals surface area contributed by atoms with Gasteiger partial charge in [-0.25, -0.2) is 28.4 Å². The molecular formula is C25H24F2N8O2. The number of hydrogen-bond donors (Lipinski definition) is 1. The maximum Gasteiger partial charge on any atom is 0.246 e. The number of fused-ring (bicyclic) bond motifs is 2. The summed E-state index contributed by atoms with van der Waals surface area (Å²) in [7, 11) is 3.25. The van der Waals surface area contributed by atoms with E-state index >= 15 is 4.39 Å². The number of hydrogen-bond acceptors (Lipinski definition) is 7. The predicted molar refractivity (Wildman–Crippen MR) is 132 cm³/mol. The van der Waals surface area contributed by atoms with Crippen molar-refractivity contribution in [3.8, 4) is 11.8 Å². The van der Waals surface area contributed by atoms with Gasteiger partial charge in [-0.3, -0.25) is 4.79 Å². The van der Waals surface area contributed by atoms with Gasteiger partial charge in [-0.05, 0) is 25.3 Å². The molecule has 0 spiro atoms. The summed E-state index contributed by atoms with van der Waals surface area (Å²) in [6.45, 7) is 5.96. The number of anilines is 1. The van der Waals surface area contributed by atoms with Crippen LogP contribution in [0, 0.1) is 30.4 Å².